The third kappa shape index (κ3) is 7.34. The van der Waals surface area contributed by atoms with Crippen LogP contribution in [-0.4, -0.2) is 42.1 Å². The number of aryl methyl sites for hydroxylation is 1. The normalized spacial score (nSPS) is 14.2. The first-order valence-electron chi connectivity index (χ1n) is 8.00. The van der Waals surface area contributed by atoms with Crippen molar-refractivity contribution < 1.29 is 24.2 Å². The summed E-state index contributed by atoms with van der Waals surface area (Å²) in [5.74, 6) is -1.64. The molecule has 0 spiro atoms. The fourth-order valence-electron chi connectivity index (χ4n) is 2.65. The fourth-order valence-corrected chi connectivity index (χ4v) is 2.65. The van der Waals surface area contributed by atoms with Crippen LogP contribution >= 0.6 is 0 Å². The number of carboxylic acids is 1. The standard InChI is InChI=1S/C18H26N2O5/c1-12-5-7-14(8-6-12)15(19-13(2)21)9-16(22)20-18(3,11-25-4)10-17(23)24/h5-8,15H,9-11H2,1-4H3,(H,19,21)(H,20,22)(H,23,24). The summed E-state index contributed by atoms with van der Waals surface area (Å²) in [6.45, 7) is 5.02. The first-order chi connectivity index (χ1) is 11.6. The molecule has 0 radical (unpaired) electrons. The Morgan fingerprint density at radius 1 is 1.24 bits per heavy atom. The van der Waals surface area contributed by atoms with E-state index in [-0.39, 0.29) is 31.3 Å². The molecule has 3 N–H and O–H groups in total. The van der Waals surface area contributed by atoms with Crippen molar-refractivity contribution in [3.05, 3.63) is 35.4 Å². The molecule has 0 heterocycles. The summed E-state index contributed by atoms with van der Waals surface area (Å²) in [5.41, 5.74) is 0.859. The summed E-state index contributed by atoms with van der Waals surface area (Å²) >= 11 is 0. The van der Waals surface area contributed by atoms with Crippen LogP contribution in [0.2, 0.25) is 0 Å². The van der Waals surface area contributed by atoms with Crippen molar-refractivity contribution in [2.75, 3.05) is 13.7 Å². The van der Waals surface area contributed by atoms with E-state index in [1.807, 2.05) is 31.2 Å². The van der Waals surface area contributed by atoms with E-state index in [1.54, 1.807) is 6.92 Å². The number of carboxylic acid groups (broad SMARTS) is 1. The fraction of sp³-hybridized carbons (Fsp3) is 0.500. The number of hydrogen-bond donors (Lipinski definition) is 3. The summed E-state index contributed by atoms with van der Waals surface area (Å²) in [7, 11) is 1.44. The molecule has 2 unspecified atom stereocenters. The van der Waals surface area contributed by atoms with Crippen molar-refractivity contribution in [3.63, 3.8) is 0 Å². The zero-order chi connectivity index (χ0) is 19.0. The van der Waals surface area contributed by atoms with Crippen molar-refractivity contribution in [3.8, 4) is 0 Å². The van der Waals surface area contributed by atoms with Gasteiger partial charge in [-0.3, -0.25) is 14.4 Å². The van der Waals surface area contributed by atoms with E-state index in [2.05, 4.69) is 10.6 Å². The largest absolute Gasteiger partial charge is 0.481 e. The molecule has 1 aromatic carbocycles. The number of carbonyl (C=O) groups is 3. The lowest BCUT2D eigenvalue weighted by atomic mass is 9.97. The molecule has 0 aliphatic rings. The smallest absolute Gasteiger partial charge is 0.305 e. The van der Waals surface area contributed by atoms with Crippen LogP contribution in [0.15, 0.2) is 24.3 Å². The predicted octanol–water partition coefficient (Wildman–Crippen LogP) is 1.56. The van der Waals surface area contributed by atoms with Gasteiger partial charge in [0.2, 0.25) is 11.8 Å². The van der Waals surface area contributed by atoms with Crippen LogP contribution < -0.4 is 10.6 Å². The van der Waals surface area contributed by atoms with Gasteiger partial charge in [0.1, 0.15) is 0 Å². The maximum absolute atomic E-state index is 12.4. The van der Waals surface area contributed by atoms with E-state index in [4.69, 9.17) is 9.84 Å². The number of methoxy groups -OCH3 is 1. The minimum absolute atomic E-state index is 0.00155. The highest BCUT2D eigenvalue weighted by Crippen LogP contribution is 2.19. The first-order valence-corrected chi connectivity index (χ1v) is 8.00. The van der Waals surface area contributed by atoms with Gasteiger partial charge in [-0.2, -0.15) is 0 Å². The van der Waals surface area contributed by atoms with Crippen LogP contribution in [0.1, 0.15) is 43.9 Å². The Kier molecular flexibility index (Phi) is 7.57. The van der Waals surface area contributed by atoms with E-state index >= 15 is 0 Å². The Bertz CT molecular complexity index is 614. The number of ether oxygens (including phenoxy) is 1. The highest BCUT2D eigenvalue weighted by Gasteiger charge is 2.30. The van der Waals surface area contributed by atoms with Crippen LogP contribution in [-0.2, 0) is 19.1 Å². The van der Waals surface area contributed by atoms with E-state index in [0.717, 1.165) is 11.1 Å². The highest BCUT2D eigenvalue weighted by atomic mass is 16.5. The summed E-state index contributed by atoms with van der Waals surface area (Å²) in [5, 5.41) is 14.5. The van der Waals surface area contributed by atoms with Gasteiger partial charge in [0.25, 0.3) is 0 Å². The molecule has 7 nitrogen and oxygen atoms in total. The second-order valence-corrected chi connectivity index (χ2v) is 6.48. The van der Waals surface area contributed by atoms with Gasteiger partial charge >= 0.3 is 5.97 Å². The number of hydrogen-bond acceptors (Lipinski definition) is 4. The third-order valence-corrected chi connectivity index (χ3v) is 3.69. The molecule has 0 aliphatic carbocycles. The van der Waals surface area contributed by atoms with Crippen LogP contribution in [0, 0.1) is 6.92 Å². The monoisotopic (exact) mass is 350 g/mol. The summed E-state index contributed by atoms with van der Waals surface area (Å²) in [6, 6.07) is 7.03. The summed E-state index contributed by atoms with van der Waals surface area (Å²) in [6.07, 6.45) is -0.260. The Morgan fingerprint density at radius 3 is 2.32 bits per heavy atom. The van der Waals surface area contributed by atoms with Crippen molar-refractivity contribution in [2.45, 2.75) is 45.2 Å². The Hall–Kier alpha value is -2.41. The van der Waals surface area contributed by atoms with Gasteiger partial charge in [0.15, 0.2) is 0 Å². The number of benzene rings is 1. The molecule has 25 heavy (non-hydrogen) atoms. The van der Waals surface area contributed by atoms with E-state index < -0.39 is 17.6 Å². The zero-order valence-corrected chi connectivity index (χ0v) is 15.1. The molecule has 0 fully saturated rings. The predicted molar refractivity (Wildman–Crippen MR) is 93.0 cm³/mol. The van der Waals surface area contributed by atoms with Gasteiger partial charge in [0.05, 0.1) is 31.0 Å². The minimum Gasteiger partial charge on any atom is -0.481 e. The molecule has 0 saturated carbocycles. The van der Waals surface area contributed by atoms with Crippen molar-refractivity contribution in [2.24, 2.45) is 0 Å². The quantitative estimate of drug-likeness (QED) is 0.627. The number of nitrogens with one attached hydrogen (secondary N) is 2. The average Bonchev–Trinajstić information content (AvgIpc) is 2.45. The van der Waals surface area contributed by atoms with Crippen molar-refractivity contribution in [1.29, 1.82) is 0 Å². The van der Waals surface area contributed by atoms with E-state index in [0.29, 0.717) is 0 Å². The number of amides is 2. The van der Waals surface area contributed by atoms with Gasteiger partial charge in [-0.1, -0.05) is 29.8 Å². The lowest BCUT2D eigenvalue weighted by molar-refractivity contribution is -0.139. The Labute approximate surface area is 147 Å². The number of carbonyl (C=O) groups excluding carboxylic acids is 2. The molecule has 2 atom stereocenters. The lowest BCUT2D eigenvalue weighted by Crippen LogP contribution is -2.51. The molecular formula is C18H26N2O5. The maximum Gasteiger partial charge on any atom is 0.305 e. The maximum atomic E-state index is 12.4. The Balaban J connectivity index is 2.88. The molecule has 2 amide bonds. The van der Waals surface area contributed by atoms with Crippen molar-refractivity contribution in [1.82, 2.24) is 10.6 Å². The molecule has 0 aliphatic heterocycles. The molecule has 0 aromatic heterocycles. The highest BCUT2D eigenvalue weighted by molar-refractivity contribution is 5.80. The van der Waals surface area contributed by atoms with Gasteiger partial charge in [0, 0.05) is 14.0 Å². The van der Waals surface area contributed by atoms with Crippen LogP contribution in [0.3, 0.4) is 0 Å². The molecule has 1 aromatic rings. The van der Waals surface area contributed by atoms with Gasteiger partial charge in [-0.05, 0) is 19.4 Å². The van der Waals surface area contributed by atoms with Gasteiger partial charge in [-0.15, -0.1) is 0 Å². The molecule has 7 heteroatoms. The third-order valence-electron chi connectivity index (χ3n) is 3.69. The van der Waals surface area contributed by atoms with Crippen molar-refractivity contribution >= 4 is 17.8 Å². The van der Waals surface area contributed by atoms with Gasteiger partial charge in [-0.25, -0.2) is 0 Å². The summed E-state index contributed by atoms with van der Waals surface area (Å²) in [4.78, 5) is 34.9. The molecule has 1 rings (SSSR count). The Morgan fingerprint density at radius 2 is 1.84 bits per heavy atom. The second-order valence-electron chi connectivity index (χ2n) is 6.48. The molecular weight excluding hydrogens is 324 g/mol. The topological polar surface area (TPSA) is 105 Å². The van der Waals surface area contributed by atoms with Gasteiger partial charge < -0.3 is 20.5 Å². The van der Waals surface area contributed by atoms with Crippen LogP contribution in [0.25, 0.3) is 0 Å². The second kappa shape index (κ2) is 9.17. The zero-order valence-electron chi connectivity index (χ0n) is 15.1. The van der Waals surface area contributed by atoms with E-state index in [1.165, 1.54) is 14.0 Å². The SMILES string of the molecule is COCC(C)(CC(=O)O)NC(=O)CC(NC(C)=O)c1ccc(C)cc1. The summed E-state index contributed by atoms with van der Waals surface area (Å²) < 4.78 is 5.03. The molecule has 138 valence electrons. The van der Waals surface area contributed by atoms with E-state index in [9.17, 15) is 14.4 Å². The average molecular weight is 350 g/mol. The number of rotatable bonds is 9. The van der Waals surface area contributed by atoms with Crippen LogP contribution in [0.4, 0.5) is 0 Å². The molecule has 0 saturated heterocycles. The molecule has 0 bridgehead atoms. The lowest BCUT2D eigenvalue weighted by Gasteiger charge is -2.29. The van der Waals surface area contributed by atoms with Crippen LogP contribution in [0.5, 0.6) is 0 Å². The first kappa shape index (κ1) is 20.6. The number of aliphatic carboxylic acids is 1. The minimum atomic E-state index is -1.03.